The largest absolute Gasteiger partial charge is 0.271 e. The van der Waals surface area contributed by atoms with Crippen LogP contribution in [0.4, 0.5) is 4.39 Å². The van der Waals surface area contributed by atoms with Crippen molar-refractivity contribution in [2.45, 2.75) is 26.8 Å². The number of aryl methyl sites for hydroxylation is 3. The minimum atomic E-state index is -0.395. The average Bonchev–Trinajstić information content (AvgIpc) is 2.35. The second kappa shape index (κ2) is 5.47. The molecule has 3 nitrogen and oxygen atoms in total. The van der Waals surface area contributed by atoms with Crippen molar-refractivity contribution in [3.05, 3.63) is 64.2 Å². The van der Waals surface area contributed by atoms with Crippen molar-refractivity contribution in [3.63, 3.8) is 0 Å². The van der Waals surface area contributed by atoms with E-state index in [4.69, 9.17) is 5.84 Å². The van der Waals surface area contributed by atoms with Crippen molar-refractivity contribution in [1.29, 1.82) is 0 Å². The Morgan fingerprint density at radius 3 is 2.47 bits per heavy atom. The Morgan fingerprint density at radius 2 is 1.95 bits per heavy atom. The van der Waals surface area contributed by atoms with E-state index in [1.165, 1.54) is 6.07 Å². The summed E-state index contributed by atoms with van der Waals surface area (Å²) >= 11 is 0. The van der Waals surface area contributed by atoms with Crippen molar-refractivity contribution < 1.29 is 4.39 Å². The fraction of sp³-hybridized carbons (Fsp3) is 0.267. The van der Waals surface area contributed by atoms with Crippen LogP contribution in [0.25, 0.3) is 0 Å². The van der Waals surface area contributed by atoms with E-state index in [1.807, 2.05) is 39.0 Å². The van der Waals surface area contributed by atoms with Crippen LogP contribution < -0.4 is 11.3 Å². The smallest absolute Gasteiger partial charge is 0.128 e. The molecular formula is C15H18FN3. The number of hydrazine groups is 1. The Hall–Kier alpha value is -1.78. The summed E-state index contributed by atoms with van der Waals surface area (Å²) in [5, 5.41) is 0. The van der Waals surface area contributed by atoms with E-state index in [2.05, 4.69) is 10.4 Å². The lowest BCUT2D eigenvalue weighted by atomic mass is 9.94. The first-order valence-electron chi connectivity index (χ1n) is 6.18. The van der Waals surface area contributed by atoms with Crippen molar-refractivity contribution in [2.75, 3.05) is 0 Å². The number of nitrogens with zero attached hydrogens (tertiary/aromatic N) is 1. The molecule has 0 radical (unpaired) electrons. The van der Waals surface area contributed by atoms with Gasteiger partial charge >= 0.3 is 0 Å². The van der Waals surface area contributed by atoms with Gasteiger partial charge in [-0.3, -0.25) is 10.8 Å². The monoisotopic (exact) mass is 259 g/mol. The number of nitrogens with two attached hydrogens (primary N) is 1. The Bertz CT molecular complexity index is 555. The summed E-state index contributed by atoms with van der Waals surface area (Å²) in [6.07, 6.45) is 1.72. The second-order valence-corrected chi connectivity index (χ2v) is 4.81. The Balaban J connectivity index is 2.51. The highest BCUT2D eigenvalue weighted by Crippen LogP contribution is 2.27. The Labute approximate surface area is 112 Å². The lowest BCUT2D eigenvalue weighted by molar-refractivity contribution is 0.555. The van der Waals surface area contributed by atoms with E-state index in [9.17, 15) is 4.39 Å². The third-order valence-electron chi connectivity index (χ3n) is 3.20. The molecule has 0 aliphatic rings. The number of hydrogen-bond acceptors (Lipinski definition) is 3. The van der Waals surface area contributed by atoms with Gasteiger partial charge in [-0.1, -0.05) is 12.1 Å². The number of aromatic nitrogens is 1. The van der Waals surface area contributed by atoms with E-state index >= 15 is 0 Å². The molecule has 19 heavy (non-hydrogen) atoms. The molecule has 2 aromatic rings. The summed E-state index contributed by atoms with van der Waals surface area (Å²) < 4.78 is 14.2. The first-order chi connectivity index (χ1) is 9.02. The number of benzene rings is 1. The van der Waals surface area contributed by atoms with Crippen LogP contribution in [-0.2, 0) is 0 Å². The number of halogens is 1. The molecule has 0 saturated carbocycles. The first kappa shape index (κ1) is 13.6. The minimum absolute atomic E-state index is 0.249. The van der Waals surface area contributed by atoms with Crippen molar-refractivity contribution in [1.82, 2.24) is 10.4 Å². The van der Waals surface area contributed by atoms with Gasteiger partial charge in [0.15, 0.2) is 0 Å². The average molecular weight is 259 g/mol. The summed E-state index contributed by atoms with van der Waals surface area (Å²) in [6, 6.07) is 6.87. The van der Waals surface area contributed by atoms with Gasteiger partial charge in [0.05, 0.1) is 6.04 Å². The summed E-state index contributed by atoms with van der Waals surface area (Å²) in [6.45, 7) is 5.67. The predicted molar refractivity (Wildman–Crippen MR) is 74.0 cm³/mol. The van der Waals surface area contributed by atoms with Crippen LogP contribution in [0.3, 0.4) is 0 Å². The molecule has 0 amide bonds. The van der Waals surface area contributed by atoms with E-state index in [-0.39, 0.29) is 5.82 Å². The van der Waals surface area contributed by atoms with Gasteiger partial charge in [-0.25, -0.2) is 9.82 Å². The van der Waals surface area contributed by atoms with Crippen LogP contribution in [0.15, 0.2) is 30.5 Å². The first-order valence-corrected chi connectivity index (χ1v) is 6.18. The van der Waals surface area contributed by atoms with E-state index in [0.717, 1.165) is 22.4 Å². The maximum absolute atomic E-state index is 14.2. The van der Waals surface area contributed by atoms with Gasteiger partial charge in [0.2, 0.25) is 0 Å². The topological polar surface area (TPSA) is 50.9 Å². The van der Waals surface area contributed by atoms with Crippen LogP contribution in [0.2, 0.25) is 0 Å². The molecule has 100 valence electrons. The zero-order valence-corrected chi connectivity index (χ0v) is 11.4. The zero-order chi connectivity index (χ0) is 14.0. The lowest BCUT2D eigenvalue weighted by Crippen LogP contribution is -2.30. The SMILES string of the molecule is Cc1cc(C)c(C(NN)c2ccc(C)nc2)c(F)c1. The highest BCUT2D eigenvalue weighted by atomic mass is 19.1. The number of pyridine rings is 1. The van der Waals surface area contributed by atoms with Crippen LogP contribution in [-0.4, -0.2) is 4.98 Å². The second-order valence-electron chi connectivity index (χ2n) is 4.81. The molecule has 0 fully saturated rings. The van der Waals surface area contributed by atoms with Gasteiger partial charge in [0.1, 0.15) is 5.82 Å². The molecule has 0 aliphatic heterocycles. The molecule has 4 heteroatoms. The Morgan fingerprint density at radius 1 is 1.21 bits per heavy atom. The van der Waals surface area contributed by atoms with Crippen LogP contribution >= 0.6 is 0 Å². The van der Waals surface area contributed by atoms with Crippen molar-refractivity contribution >= 4 is 0 Å². The summed E-state index contributed by atoms with van der Waals surface area (Å²) in [5.41, 5.74) is 6.78. The molecule has 0 bridgehead atoms. The fourth-order valence-corrected chi connectivity index (χ4v) is 2.29. The maximum atomic E-state index is 14.2. The molecule has 1 unspecified atom stereocenters. The lowest BCUT2D eigenvalue weighted by Gasteiger charge is -2.20. The summed E-state index contributed by atoms with van der Waals surface area (Å²) in [4.78, 5) is 4.23. The molecule has 1 aromatic carbocycles. The third-order valence-corrected chi connectivity index (χ3v) is 3.20. The molecule has 1 heterocycles. The van der Waals surface area contributed by atoms with Gasteiger partial charge in [0, 0.05) is 17.5 Å². The zero-order valence-electron chi connectivity index (χ0n) is 11.4. The number of hydrogen-bond donors (Lipinski definition) is 2. The molecule has 2 rings (SSSR count). The van der Waals surface area contributed by atoms with E-state index in [0.29, 0.717) is 5.56 Å². The van der Waals surface area contributed by atoms with Gasteiger partial charge in [-0.2, -0.15) is 0 Å². The Kier molecular flexibility index (Phi) is 3.93. The van der Waals surface area contributed by atoms with E-state index in [1.54, 1.807) is 6.20 Å². The quantitative estimate of drug-likeness (QED) is 0.658. The predicted octanol–water partition coefficient (Wildman–Crippen LogP) is 2.70. The fourth-order valence-electron chi connectivity index (χ4n) is 2.29. The highest BCUT2D eigenvalue weighted by molar-refractivity contribution is 5.39. The van der Waals surface area contributed by atoms with Crippen LogP contribution in [0, 0.1) is 26.6 Å². The molecular weight excluding hydrogens is 241 g/mol. The van der Waals surface area contributed by atoms with Gasteiger partial charge < -0.3 is 0 Å². The molecule has 0 aliphatic carbocycles. The molecule has 1 aromatic heterocycles. The molecule has 0 spiro atoms. The third kappa shape index (κ3) is 2.80. The number of rotatable bonds is 3. The van der Waals surface area contributed by atoms with E-state index < -0.39 is 6.04 Å². The molecule has 0 saturated heterocycles. The highest BCUT2D eigenvalue weighted by Gasteiger charge is 2.19. The normalized spacial score (nSPS) is 12.5. The van der Waals surface area contributed by atoms with Crippen molar-refractivity contribution in [2.24, 2.45) is 5.84 Å². The standard InChI is InChI=1S/C15H18FN3/c1-9-6-10(2)14(13(16)7-9)15(19-17)12-5-4-11(3)18-8-12/h4-8,15,19H,17H2,1-3H3. The van der Waals surface area contributed by atoms with Gasteiger partial charge in [-0.05, 0) is 49.6 Å². The summed E-state index contributed by atoms with van der Waals surface area (Å²) in [7, 11) is 0. The number of nitrogens with one attached hydrogen (secondary N) is 1. The van der Waals surface area contributed by atoms with Crippen LogP contribution in [0.1, 0.15) is 34.0 Å². The van der Waals surface area contributed by atoms with Gasteiger partial charge in [0.25, 0.3) is 0 Å². The maximum Gasteiger partial charge on any atom is 0.128 e. The van der Waals surface area contributed by atoms with Gasteiger partial charge in [-0.15, -0.1) is 0 Å². The van der Waals surface area contributed by atoms with Crippen LogP contribution in [0.5, 0.6) is 0 Å². The summed E-state index contributed by atoms with van der Waals surface area (Å²) in [5.74, 6) is 5.36. The molecule has 3 N–H and O–H groups in total. The minimum Gasteiger partial charge on any atom is -0.271 e. The van der Waals surface area contributed by atoms with Crippen molar-refractivity contribution in [3.8, 4) is 0 Å². The molecule has 1 atom stereocenters.